The quantitative estimate of drug-likeness (QED) is 0.606. The summed E-state index contributed by atoms with van der Waals surface area (Å²) in [5.41, 5.74) is 3.53. The Balaban J connectivity index is 1.47. The molecule has 1 aromatic heterocycles. The smallest absolute Gasteiger partial charge is 0.267 e. The van der Waals surface area contributed by atoms with Crippen molar-refractivity contribution in [3.63, 3.8) is 0 Å². The van der Waals surface area contributed by atoms with Crippen LogP contribution in [-0.4, -0.2) is 63.2 Å². The van der Waals surface area contributed by atoms with Crippen LogP contribution in [0.4, 0.5) is 11.4 Å². The maximum Gasteiger partial charge on any atom is 0.267 e. The number of hydrogen-bond donors (Lipinski definition) is 1. The van der Waals surface area contributed by atoms with Gasteiger partial charge in [-0.15, -0.1) is 11.3 Å². The van der Waals surface area contributed by atoms with Crippen molar-refractivity contribution in [2.45, 2.75) is 6.92 Å². The number of piperazine rings is 1. The van der Waals surface area contributed by atoms with E-state index in [1.807, 2.05) is 37.3 Å². The molecule has 1 aliphatic rings. The number of nitrogens with one attached hydrogen (secondary N) is 1. The van der Waals surface area contributed by atoms with Crippen molar-refractivity contribution in [1.82, 2.24) is 9.88 Å². The standard InChI is InChI=1S/C24H28N4O3S/c1-16-22(32-24(25-16)17-5-10-20(30-3)21(15-17)31-4)23(29)26-18-6-8-19(9-7-18)28-13-11-27(2)12-14-28/h5-10,15H,11-14H2,1-4H3,(H,26,29). The van der Waals surface area contributed by atoms with Gasteiger partial charge in [-0.05, 0) is 56.4 Å². The van der Waals surface area contributed by atoms with Gasteiger partial charge in [-0.25, -0.2) is 4.98 Å². The average Bonchev–Trinajstić information content (AvgIpc) is 3.21. The number of likely N-dealkylation sites (N-methyl/N-ethyl adjacent to an activating group) is 1. The van der Waals surface area contributed by atoms with E-state index in [0.717, 1.165) is 42.4 Å². The number of ether oxygens (including phenoxy) is 2. The Bertz CT molecular complexity index is 1090. The predicted octanol–water partition coefficient (Wildman–Crippen LogP) is 4.14. The van der Waals surface area contributed by atoms with Gasteiger partial charge in [0.25, 0.3) is 5.91 Å². The molecule has 168 valence electrons. The van der Waals surface area contributed by atoms with Crippen molar-refractivity contribution in [3.05, 3.63) is 53.0 Å². The van der Waals surface area contributed by atoms with Gasteiger partial charge in [0.2, 0.25) is 0 Å². The van der Waals surface area contributed by atoms with Crippen molar-refractivity contribution in [3.8, 4) is 22.1 Å². The molecule has 2 aromatic carbocycles. The van der Waals surface area contributed by atoms with Crippen LogP contribution >= 0.6 is 11.3 Å². The van der Waals surface area contributed by atoms with E-state index in [0.29, 0.717) is 22.1 Å². The van der Waals surface area contributed by atoms with Gasteiger partial charge in [0.1, 0.15) is 9.88 Å². The molecule has 0 radical (unpaired) electrons. The molecule has 0 aliphatic carbocycles. The first-order valence-corrected chi connectivity index (χ1v) is 11.3. The van der Waals surface area contributed by atoms with Crippen molar-refractivity contribution in [2.24, 2.45) is 0 Å². The summed E-state index contributed by atoms with van der Waals surface area (Å²) in [5, 5.41) is 3.76. The van der Waals surface area contributed by atoms with Gasteiger partial charge in [0.05, 0.1) is 19.9 Å². The summed E-state index contributed by atoms with van der Waals surface area (Å²) in [6, 6.07) is 13.7. The van der Waals surface area contributed by atoms with Gasteiger partial charge in [0, 0.05) is 43.1 Å². The van der Waals surface area contributed by atoms with Gasteiger partial charge in [-0.1, -0.05) is 0 Å². The van der Waals surface area contributed by atoms with E-state index in [2.05, 4.69) is 39.3 Å². The first-order valence-electron chi connectivity index (χ1n) is 10.5. The molecule has 4 rings (SSSR count). The Hall–Kier alpha value is -3.10. The topological polar surface area (TPSA) is 66.9 Å². The fourth-order valence-corrected chi connectivity index (χ4v) is 4.67. The fraction of sp³-hybridized carbons (Fsp3) is 0.333. The summed E-state index contributed by atoms with van der Waals surface area (Å²) in [7, 11) is 5.35. The van der Waals surface area contributed by atoms with Crippen LogP contribution in [0.2, 0.25) is 0 Å². The molecule has 1 saturated heterocycles. The molecule has 0 spiro atoms. The zero-order valence-electron chi connectivity index (χ0n) is 18.8. The van der Waals surface area contributed by atoms with Crippen LogP contribution in [0.25, 0.3) is 10.6 Å². The number of carbonyl (C=O) groups is 1. The lowest BCUT2D eigenvalue weighted by Gasteiger charge is -2.34. The molecule has 0 saturated carbocycles. The van der Waals surface area contributed by atoms with E-state index in [1.54, 1.807) is 14.2 Å². The lowest BCUT2D eigenvalue weighted by atomic mass is 10.2. The molecular weight excluding hydrogens is 424 g/mol. The second-order valence-electron chi connectivity index (χ2n) is 7.79. The van der Waals surface area contributed by atoms with E-state index in [4.69, 9.17) is 9.47 Å². The van der Waals surface area contributed by atoms with Gasteiger partial charge >= 0.3 is 0 Å². The number of rotatable bonds is 6. The number of methoxy groups -OCH3 is 2. The number of benzene rings is 2. The highest BCUT2D eigenvalue weighted by Crippen LogP contribution is 2.35. The third kappa shape index (κ3) is 4.71. The van der Waals surface area contributed by atoms with E-state index in [9.17, 15) is 4.79 Å². The maximum absolute atomic E-state index is 12.9. The molecule has 0 unspecified atom stereocenters. The zero-order chi connectivity index (χ0) is 22.7. The third-order valence-corrected chi connectivity index (χ3v) is 6.83. The maximum atomic E-state index is 12.9. The molecule has 2 heterocycles. The van der Waals surface area contributed by atoms with Crippen LogP contribution in [-0.2, 0) is 0 Å². The molecule has 8 heteroatoms. The predicted molar refractivity (Wildman–Crippen MR) is 129 cm³/mol. The van der Waals surface area contributed by atoms with Crippen molar-refractivity contribution in [1.29, 1.82) is 0 Å². The molecule has 1 fully saturated rings. The molecule has 1 amide bonds. The van der Waals surface area contributed by atoms with Crippen molar-refractivity contribution < 1.29 is 14.3 Å². The Kier molecular flexibility index (Phi) is 6.62. The lowest BCUT2D eigenvalue weighted by molar-refractivity contribution is 0.103. The molecule has 3 aromatic rings. The zero-order valence-corrected chi connectivity index (χ0v) is 19.7. The Morgan fingerprint density at radius 2 is 1.69 bits per heavy atom. The average molecular weight is 453 g/mol. The Morgan fingerprint density at radius 3 is 2.34 bits per heavy atom. The van der Waals surface area contributed by atoms with Crippen LogP contribution < -0.4 is 19.7 Å². The number of anilines is 2. The highest BCUT2D eigenvalue weighted by Gasteiger charge is 2.18. The van der Waals surface area contributed by atoms with E-state index in [-0.39, 0.29) is 5.91 Å². The minimum Gasteiger partial charge on any atom is -0.493 e. The number of carbonyl (C=O) groups excluding carboxylic acids is 1. The summed E-state index contributed by atoms with van der Waals surface area (Å²) in [6.07, 6.45) is 0. The number of hydrogen-bond acceptors (Lipinski definition) is 7. The normalized spacial score (nSPS) is 14.3. The molecule has 7 nitrogen and oxygen atoms in total. The summed E-state index contributed by atoms with van der Waals surface area (Å²) < 4.78 is 10.7. The van der Waals surface area contributed by atoms with Crippen molar-refractivity contribution in [2.75, 3.05) is 57.7 Å². The molecule has 1 aliphatic heterocycles. The molecule has 32 heavy (non-hydrogen) atoms. The number of nitrogens with zero attached hydrogens (tertiary/aromatic N) is 3. The highest BCUT2D eigenvalue weighted by atomic mass is 32.1. The molecule has 1 N–H and O–H groups in total. The van der Waals surface area contributed by atoms with Gasteiger partial charge in [-0.3, -0.25) is 4.79 Å². The number of thiazole rings is 1. The molecular formula is C24H28N4O3S. The SMILES string of the molecule is COc1ccc(-c2nc(C)c(C(=O)Nc3ccc(N4CCN(C)CC4)cc3)s2)cc1OC. The van der Waals surface area contributed by atoms with E-state index in [1.165, 1.54) is 17.0 Å². The second kappa shape index (κ2) is 9.58. The fourth-order valence-electron chi connectivity index (χ4n) is 3.71. The second-order valence-corrected chi connectivity index (χ2v) is 8.79. The first-order chi connectivity index (χ1) is 15.5. The number of aryl methyl sites for hydroxylation is 1. The van der Waals surface area contributed by atoms with Crippen LogP contribution in [0.15, 0.2) is 42.5 Å². The summed E-state index contributed by atoms with van der Waals surface area (Å²) in [6.45, 7) is 6.01. The Morgan fingerprint density at radius 1 is 1.00 bits per heavy atom. The van der Waals surface area contributed by atoms with Crippen LogP contribution in [0.5, 0.6) is 11.5 Å². The summed E-state index contributed by atoms with van der Waals surface area (Å²) >= 11 is 1.37. The minimum absolute atomic E-state index is 0.154. The first kappa shape index (κ1) is 22.1. The van der Waals surface area contributed by atoms with Crippen LogP contribution in [0, 0.1) is 6.92 Å². The number of aromatic nitrogens is 1. The monoisotopic (exact) mass is 452 g/mol. The molecule has 0 bridgehead atoms. The van der Waals surface area contributed by atoms with Gasteiger partial charge in [0.15, 0.2) is 11.5 Å². The van der Waals surface area contributed by atoms with Crippen LogP contribution in [0.1, 0.15) is 15.4 Å². The van der Waals surface area contributed by atoms with E-state index >= 15 is 0 Å². The van der Waals surface area contributed by atoms with Gasteiger partial charge < -0.3 is 24.6 Å². The number of amides is 1. The van der Waals surface area contributed by atoms with Crippen LogP contribution in [0.3, 0.4) is 0 Å². The lowest BCUT2D eigenvalue weighted by Crippen LogP contribution is -2.44. The summed E-state index contributed by atoms with van der Waals surface area (Å²) in [5.74, 6) is 1.13. The van der Waals surface area contributed by atoms with E-state index < -0.39 is 0 Å². The molecule has 0 atom stereocenters. The Labute approximate surface area is 192 Å². The van der Waals surface area contributed by atoms with Gasteiger partial charge in [-0.2, -0.15) is 0 Å². The largest absolute Gasteiger partial charge is 0.493 e. The summed E-state index contributed by atoms with van der Waals surface area (Å²) in [4.78, 5) is 22.8. The van der Waals surface area contributed by atoms with Crippen molar-refractivity contribution >= 4 is 28.6 Å². The minimum atomic E-state index is -0.154. The third-order valence-electron chi connectivity index (χ3n) is 5.63. The highest BCUT2D eigenvalue weighted by molar-refractivity contribution is 7.17.